The minimum absolute atomic E-state index is 0.100. The molecule has 2 rings (SSSR count). The Balaban J connectivity index is 1.75. The van der Waals surface area contributed by atoms with Crippen molar-refractivity contribution in [3.63, 3.8) is 0 Å². The molecule has 0 aliphatic heterocycles. The Morgan fingerprint density at radius 2 is 1.65 bits per heavy atom. The van der Waals surface area contributed by atoms with Crippen molar-refractivity contribution in [3.8, 4) is 17.1 Å². The summed E-state index contributed by atoms with van der Waals surface area (Å²) in [6.07, 6.45) is 16.3. The minimum Gasteiger partial charge on any atom is -0.463 e. The molecule has 6 heteroatoms. The van der Waals surface area contributed by atoms with Gasteiger partial charge in [0.15, 0.2) is 11.6 Å². The van der Waals surface area contributed by atoms with Gasteiger partial charge in [0.05, 0.1) is 24.9 Å². The predicted molar refractivity (Wildman–Crippen MR) is 134 cm³/mol. The molecule has 184 valence electrons. The number of nitrogens with zero attached hydrogens (tertiary/aromatic N) is 2. The van der Waals surface area contributed by atoms with Crippen molar-refractivity contribution in [2.75, 3.05) is 0 Å². The van der Waals surface area contributed by atoms with Gasteiger partial charge < -0.3 is 9.47 Å². The Bertz CT molecular complexity index is 892. The van der Waals surface area contributed by atoms with Crippen LogP contribution in [0.2, 0.25) is 0 Å². The number of allylic oxidation sites excluding steroid dienone is 1. The highest BCUT2D eigenvalue weighted by atomic mass is 16.5. The van der Waals surface area contributed by atoms with Gasteiger partial charge in [0.1, 0.15) is 0 Å². The number of ether oxygens (including phenoxy) is 2. The molecule has 0 saturated carbocycles. The molecule has 1 heterocycles. The van der Waals surface area contributed by atoms with Gasteiger partial charge in [-0.3, -0.25) is 9.59 Å². The fraction of sp³-hybridized carbons (Fsp3) is 0.500. The summed E-state index contributed by atoms with van der Waals surface area (Å²) >= 11 is 0. The van der Waals surface area contributed by atoms with Crippen LogP contribution in [-0.2, 0) is 20.7 Å². The number of carbonyl (C=O) groups is 2. The molecule has 1 atom stereocenters. The van der Waals surface area contributed by atoms with Gasteiger partial charge in [0.2, 0.25) is 0 Å². The third-order valence-electron chi connectivity index (χ3n) is 5.46. The number of esters is 2. The summed E-state index contributed by atoms with van der Waals surface area (Å²) in [6.45, 7) is 5.92. The molecule has 0 aliphatic rings. The van der Waals surface area contributed by atoms with Crippen LogP contribution in [0, 0.1) is 0 Å². The number of unbranched alkanes of at least 4 members (excludes halogenated alkanes) is 5. The van der Waals surface area contributed by atoms with Crippen molar-refractivity contribution in [3.05, 3.63) is 54.4 Å². The first-order valence-electron chi connectivity index (χ1n) is 12.5. The van der Waals surface area contributed by atoms with Crippen molar-refractivity contribution >= 4 is 11.9 Å². The number of rotatable bonds is 15. The third-order valence-corrected chi connectivity index (χ3v) is 5.46. The molecule has 34 heavy (non-hydrogen) atoms. The molecular weight excluding hydrogens is 428 g/mol. The van der Waals surface area contributed by atoms with Gasteiger partial charge in [-0.25, -0.2) is 9.97 Å². The highest BCUT2D eigenvalue weighted by Gasteiger charge is 2.09. The Kier molecular flexibility index (Phi) is 12.6. The maximum Gasteiger partial charge on any atom is 0.315 e. The van der Waals surface area contributed by atoms with E-state index in [1.165, 1.54) is 38.1 Å². The summed E-state index contributed by atoms with van der Waals surface area (Å²) in [7, 11) is 0. The van der Waals surface area contributed by atoms with E-state index in [1.807, 2.05) is 37.3 Å². The van der Waals surface area contributed by atoms with Crippen LogP contribution < -0.4 is 4.74 Å². The molecule has 1 aromatic heterocycles. The fourth-order valence-corrected chi connectivity index (χ4v) is 3.41. The largest absolute Gasteiger partial charge is 0.463 e. The molecule has 1 aromatic carbocycles. The zero-order valence-corrected chi connectivity index (χ0v) is 20.8. The number of aryl methyl sites for hydroxylation is 1. The number of hydrogen-bond acceptors (Lipinski definition) is 6. The molecular formula is C28H38N2O4. The Morgan fingerprint density at radius 1 is 0.941 bits per heavy atom. The summed E-state index contributed by atoms with van der Waals surface area (Å²) in [4.78, 5) is 32.0. The molecule has 2 aromatic rings. The molecule has 0 bridgehead atoms. The normalized spacial score (nSPS) is 12.0. The lowest BCUT2D eigenvalue weighted by molar-refractivity contribution is -0.148. The second kappa shape index (κ2) is 15.8. The van der Waals surface area contributed by atoms with Crippen molar-refractivity contribution in [1.29, 1.82) is 0 Å². The molecule has 6 nitrogen and oxygen atoms in total. The molecule has 0 aliphatic carbocycles. The lowest BCUT2D eigenvalue weighted by Crippen LogP contribution is -2.14. The van der Waals surface area contributed by atoms with E-state index < -0.39 is 0 Å². The molecule has 0 N–H and O–H groups in total. The summed E-state index contributed by atoms with van der Waals surface area (Å²) in [6, 6.07) is 7.98. The van der Waals surface area contributed by atoms with E-state index in [2.05, 4.69) is 23.0 Å². The van der Waals surface area contributed by atoms with Gasteiger partial charge in [-0.1, -0.05) is 75.9 Å². The maximum absolute atomic E-state index is 12.0. The van der Waals surface area contributed by atoms with Crippen LogP contribution >= 0.6 is 0 Å². The van der Waals surface area contributed by atoms with E-state index in [0.717, 1.165) is 36.8 Å². The molecule has 0 spiro atoms. The molecule has 0 amide bonds. The first kappa shape index (κ1) is 27.2. The summed E-state index contributed by atoms with van der Waals surface area (Å²) in [5.41, 5.74) is 2.04. The monoisotopic (exact) mass is 466 g/mol. The van der Waals surface area contributed by atoms with Crippen LogP contribution in [0.25, 0.3) is 11.4 Å². The minimum atomic E-state index is -0.318. The molecule has 0 fully saturated rings. The number of carbonyl (C=O) groups excluding carboxylic acids is 2. The summed E-state index contributed by atoms with van der Waals surface area (Å²) in [5.74, 6) is 0.425. The van der Waals surface area contributed by atoms with Crippen molar-refractivity contribution in [2.45, 2.75) is 91.1 Å². The highest BCUT2D eigenvalue weighted by molar-refractivity contribution is 5.73. The van der Waals surface area contributed by atoms with Crippen molar-refractivity contribution in [2.24, 2.45) is 0 Å². The van der Waals surface area contributed by atoms with Gasteiger partial charge in [-0.2, -0.15) is 0 Å². The van der Waals surface area contributed by atoms with E-state index >= 15 is 0 Å². The Labute approximate surface area is 203 Å². The quantitative estimate of drug-likeness (QED) is 0.166. The lowest BCUT2D eigenvalue weighted by Gasteiger charge is -2.12. The second-order valence-electron chi connectivity index (χ2n) is 8.48. The van der Waals surface area contributed by atoms with Crippen LogP contribution in [0.1, 0.15) is 84.1 Å². The summed E-state index contributed by atoms with van der Waals surface area (Å²) < 4.78 is 10.6. The van der Waals surface area contributed by atoms with Gasteiger partial charge in [-0.15, -0.1) is 0 Å². The zero-order valence-electron chi connectivity index (χ0n) is 20.8. The topological polar surface area (TPSA) is 78.4 Å². The van der Waals surface area contributed by atoms with Gasteiger partial charge in [0, 0.05) is 12.0 Å². The second-order valence-corrected chi connectivity index (χ2v) is 8.48. The smallest absolute Gasteiger partial charge is 0.315 e. The van der Waals surface area contributed by atoms with Crippen LogP contribution in [-0.4, -0.2) is 28.0 Å². The number of aromatic nitrogens is 2. The van der Waals surface area contributed by atoms with Gasteiger partial charge in [0.25, 0.3) is 0 Å². The SMILES string of the molecule is CCCCCCC/C=C\CC(=O)Oc1cnc(-c2ccc(CCC(C)OC(=O)CC)cc2)nc1. The van der Waals surface area contributed by atoms with Crippen LogP contribution in [0.3, 0.4) is 0 Å². The standard InChI is InChI=1S/C28H38N2O4/c1-4-6-7-8-9-10-11-12-13-27(32)34-25-20-29-28(30-21-25)24-18-16-23(17-19-24)15-14-22(3)33-26(31)5-2/h11-12,16-22H,4-10,13-15H2,1-3H3/b12-11-. The highest BCUT2D eigenvalue weighted by Crippen LogP contribution is 2.19. The fourth-order valence-electron chi connectivity index (χ4n) is 3.41. The Hall–Kier alpha value is -3.02. The third kappa shape index (κ3) is 10.7. The van der Waals surface area contributed by atoms with Crippen molar-refractivity contribution < 1.29 is 19.1 Å². The van der Waals surface area contributed by atoms with Crippen LogP contribution in [0.5, 0.6) is 5.75 Å². The summed E-state index contributed by atoms with van der Waals surface area (Å²) in [5, 5.41) is 0. The zero-order chi connectivity index (χ0) is 24.6. The predicted octanol–water partition coefficient (Wildman–Crippen LogP) is 6.63. The van der Waals surface area contributed by atoms with E-state index in [0.29, 0.717) is 18.0 Å². The maximum atomic E-state index is 12.0. The number of benzene rings is 1. The van der Waals surface area contributed by atoms with E-state index in [9.17, 15) is 9.59 Å². The number of hydrogen-bond donors (Lipinski definition) is 0. The van der Waals surface area contributed by atoms with Crippen molar-refractivity contribution in [1.82, 2.24) is 9.97 Å². The van der Waals surface area contributed by atoms with Crippen LogP contribution in [0.15, 0.2) is 48.8 Å². The molecule has 1 unspecified atom stereocenters. The molecule has 0 radical (unpaired) electrons. The average Bonchev–Trinajstić information content (AvgIpc) is 2.85. The first-order valence-corrected chi connectivity index (χ1v) is 12.5. The first-order chi connectivity index (χ1) is 16.5. The van der Waals surface area contributed by atoms with Crippen LogP contribution in [0.4, 0.5) is 0 Å². The van der Waals surface area contributed by atoms with E-state index in [1.54, 1.807) is 6.92 Å². The lowest BCUT2D eigenvalue weighted by atomic mass is 10.1. The van der Waals surface area contributed by atoms with E-state index in [-0.39, 0.29) is 24.5 Å². The Morgan fingerprint density at radius 3 is 2.32 bits per heavy atom. The van der Waals surface area contributed by atoms with Gasteiger partial charge >= 0.3 is 11.9 Å². The molecule has 0 saturated heterocycles. The van der Waals surface area contributed by atoms with Gasteiger partial charge in [-0.05, 0) is 38.2 Å². The average molecular weight is 467 g/mol. The van der Waals surface area contributed by atoms with E-state index in [4.69, 9.17) is 9.47 Å².